The quantitative estimate of drug-likeness (QED) is 0.0175. The van der Waals surface area contributed by atoms with Crippen molar-refractivity contribution >= 4 is 5.91 Å². The summed E-state index contributed by atoms with van der Waals surface area (Å²) in [5, 5.41) is 75.6. The van der Waals surface area contributed by atoms with Crippen molar-refractivity contribution in [3.05, 3.63) is 36.5 Å². The summed E-state index contributed by atoms with van der Waals surface area (Å²) in [4.78, 5) is 13.1. The molecular formula is C47H87NO10. The van der Waals surface area contributed by atoms with Crippen molar-refractivity contribution in [2.24, 2.45) is 0 Å². The molecule has 1 aliphatic heterocycles. The maximum Gasteiger partial charge on any atom is 0.249 e. The lowest BCUT2D eigenvalue weighted by atomic mass is 9.98. The van der Waals surface area contributed by atoms with Crippen LogP contribution < -0.4 is 5.32 Å². The minimum Gasteiger partial charge on any atom is -0.394 e. The van der Waals surface area contributed by atoms with Crippen molar-refractivity contribution in [1.82, 2.24) is 5.32 Å². The zero-order valence-electron chi connectivity index (χ0n) is 36.5. The molecule has 1 aliphatic rings. The minimum absolute atomic E-state index is 0.235. The van der Waals surface area contributed by atoms with Crippen LogP contribution in [0.1, 0.15) is 187 Å². The predicted octanol–water partition coefficient (Wildman–Crippen LogP) is 7.61. The van der Waals surface area contributed by atoms with Crippen LogP contribution in [0.25, 0.3) is 0 Å². The summed E-state index contributed by atoms with van der Waals surface area (Å²) in [7, 11) is 0. The highest BCUT2D eigenvalue weighted by atomic mass is 16.7. The topological polar surface area (TPSA) is 189 Å². The summed E-state index contributed by atoms with van der Waals surface area (Å²) in [5.41, 5.74) is 0. The van der Waals surface area contributed by atoms with E-state index in [0.717, 1.165) is 57.8 Å². The van der Waals surface area contributed by atoms with Gasteiger partial charge in [-0.05, 0) is 64.2 Å². The molecule has 0 saturated carbocycles. The van der Waals surface area contributed by atoms with E-state index in [1.807, 2.05) is 0 Å². The number of amides is 1. The standard InChI is InChI=1S/C47H87NO10/c1-3-5-7-9-11-13-15-17-19-20-21-23-24-26-28-30-32-34-39(50)42(52)38(37-57-47-45(55)44(54)43(53)41(36-49)58-47)48-46(56)40(51)35-33-31-29-27-25-22-18-16-14-12-10-8-6-4-2/h12,14,16,18,26,28,38-45,47,49-55H,3-11,13,15,17,19-25,27,29-37H2,1-2H3,(H,48,56)/b14-12-,18-16-,28-26+. The minimum atomic E-state index is -1.67. The Labute approximate surface area is 352 Å². The molecule has 8 N–H and O–H groups in total. The van der Waals surface area contributed by atoms with E-state index in [-0.39, 0.29) is 12.8 Å². The molecule has 0 aromatic heterocycles. The molecule has 0 bridgehead atoms. The number of allylic oxidation sites excluding steroid dienone is 6. The highest BCUT2D eigenvalue weighted by Gasteiger charge is 2.44. The number of hydrogen-bond acceptors (Lipinski definition) is 10. The van der Waals surface area contributed by atoms with Gasteiger partial charge in [-0.2, -0.15) is 0 Å². The second kappa shape index (κ2) is 37.1. The zero-order valence-corrected chi connectivity index (χ0v) is 36.5. The first-order valence-electron chi connectivity index (χ1n) is 23.4. The first kappa shape index (κ1) is 54.3. The lowest BCUT2D eigenvalue weighted by Crippen LogP contribution is -2.60. The molecule has 1 amide bonds. The Morgan fingerprint density at radius 2 is 1.07 bits per heavy atom. The molecule has 1 rings (SSSR count). The molecule has 1 fully saturated rings. The highest BCUT2D eigenvalue weighted by molar-refractivity contribution is 5.80. The van der Waals surface area contributed by atoms with Crippen molar-refractivity contribution in [3.8, 4) is 0 Å². The van der Waals surface area contributed by atoms with Crippen LogP contribution >= 0.6 is 0 Å². The molecule has 0 spiro atoms. The number of ether oxygens (including phenoxy) is 2. The van der Waals surface area contributed by atoms with E-state index >= 15 is 0 Å². The van der Waals surface area contributed by atoms with E-state index in [9.17, 15) is 40.5 Å². The SMILES string of the molecule is CCCCC/C=C\C=C/CCCCCCCC(O)C(=O)NC(COC1OC(CO)C(O)C(O)C1O)C(O)C(O)CCC/C=C/CCCCCCCCCCCCCC. The summed E-state index contributed by atoms with van der Waals surface area (Å²) in [5.74, 6) is -0.720. The molecule has 11 heteroatoms. The first-order chi connectivity index (χ1) is 28.2. The normalized spacial score (nSPS) is 22.3. The Bertz CT molecular complexity index is 1040. The molecule has 1 heterocycles. The second-order valence-corrected chi connectivity index (χ2v) is 16.5. The lowest BCUT2D eigenvalue weighted by molar-refractivity contribution is -0.303. The van der Waals surface area contributed by atoms with E-state index in [0.29, 0.717) is 12.8 Å². The van der Waals surface area contributed by atoms with Gasteiger partial charge in [-0.15, -0.1) is 0 Å². The number of hydrogen-bond donors (Lipinski definition) is 8. The number of aliphatic hydroxyl groups is 7. The Morgan fingerprint density at radius 3 is 1.62 bits per heavy atom. The van der Waals surface area contributed by atoms with Gasteiger partial charge in [0.15, 0.2) is 6.29 Å². The average Bonchev–Trinajstić information content (AvgIpc) is 3.22. The number of rotatable bonds is 38. The van der Waals surface area contributed by atoms with Crippen LogP contribution in [0, 0.1) is 0 Å². The fourth-order valence-electron chi connectivity index (χ4n) is 7.25. The molecule has 58 heavy (non-hydrogen) atoms. The van der Waals surface area contributed by atoms with Crippen molar-refractivity contribution in [2.45, 2.75) is 242 Å². The van der Waals surface area contributed by atoms with Crippen molar-refractivity contribution < 1.29 is 50.0 Å². The van der Waals surface area contributed by atoms with Gasteiger partial charge in [0.05, 0.1) is 25.4 Å². The Balaban J connectivity index is 2.49. The van der Waals surface area contributed by atoms with Gasteiger partial charge in [0, 0.05) is 0 Å². The summed E-state index contributed by atoms with van der Waals surface area (Å²) >= 11 is 0. The molecule has 1 saturated heterocycles. The van der Waals surface area contributed by atoms with E-state index in [4.69, 9.17) is 9.47 Å². The van der Waals surface area contributed by atoms with E-state index in [1.54, 1.807) is 0 Å². The predicted molar refractivity (Wildman–Crippen MR) is 233 cm³/mol. The number of unbranched alkanes of at least 4 members (excludes halogenated alkanes) is 21. The van der Waals surface area contributed by atoms with E-state index in [2.05, 4.69) is 55.6 Å². The van der Waals surface area contributed by atoms with Gasteiger partial charge in [-0.25, -0.2) is 0 Å². The fourth-order valence-corrected chi connectivity index (χ4v) is 7.25. The molecule has 0 radical (unpaired) electrons. The van der Waals surface area contributed by atoms with Crippen molar-refractivity contribution in [2.75, 3.05) is 13.2 Å². The van der Waals surface area contributed by atoms with Crippen LogP contribution in [0.4, 0.5) is 0 Å². The van der Waals surface area contributed by atoms with Crippen LogP contribution in [0.3, 0.4) is 0 Å². The highest BCUT2D eigenvalue weighted by Crippen LogP contribution is 2.23. The lowest BCUT2D eigenvalue weighted by Gasteiger charge is -2.40. The van der Waals surface area contributed by atoms with Crippen LogP contribution in [0.2, 0.25) is 0 Å². The zero-order chi connectivity index (χ0) is 42.6. The van der Waals surface area contributed by atoms with Crippen molar-refractivity contribution in [1.29, 1.82) is 0 Å². The van der Waals surface area contributed by atoms with Gasteiger partial charge in [0.1, 0.15) is 36.6 Å². The van der Waals surface area contributed by atoms with Crippen LogP contribution in [-0.2, 0) is 14.3 Å². The molecule has 11 nitrogen and oxygen atoms in total. The fraction of sp³-hybridized carbons (Fsp3) is 0.851. The largest absolute Gasteiger partial charge is 0.394 e. The Hall–Kier alpha value is -1.67. The molecule has 9 unspecified atom stereocenters. The maximum atomic E-state index is 13.1. The third-order valence-electron chi connectivity index (χ3n) is 11.2. The van der Waals surface area contributed by atoms with Gasteiger partial charge in [-0.1, -0.05) is 159 Å². The van der Waals surface area contributed by atoms with Gasteiger partial charge in [0.2, 0.25) is 5.91 Å². The summed E-state index contributed by atoms with van der Waals surface area (Å²) in [6.45, 7) is 3.38. The molecular weight excluding hydrogens is 739 g/mol. The molecule has 0 aliphatic carbocycles. The monoisotopic (exact) mass is 826 g/mol. The van der Waals surface area contributed by atoms with Gasteiger partial charge in [0.25, 0.3) is 0 Å². The van der Waals surface area contributed by atoms with Gasteiger partial charge < -0.3 is 50.5 Å². The van der Waals surface area contributed by atoms with Gasteiger partial charge in [-0.3, -0.25) is 4.79 Å². The first-order valence-corrected chi connectivity index (χ1v) is 23.4. The maximum absolute atomic E-state index is 13.1. The number of carbonyl (C=O) groups excluding carboxylic acids is 1. The number of carbonyl (C=O) groups is 1. The Morgan fingerprint density at radius 1 is 0.603 bits per heavy atom. The molecule has 340 valence electrons. The van der Waals surface area contributed by atoms with Gasteiger partial charge >= 0.3 is 0 Å². The average molecular weight is 826 g/mol. The molecule has 0 aromatic rings. The second-order valence-electron chi connectivity index (χ2n) is 16.5. The number of aliphatic hydroxyl groups excluding tert-OH is 7. The van der Waals surface area contributed by atoms with Crippen LogP contribution in [-0.4, -0.2) is 110 Å². The smallest absolute Gasteiger partial charge is 0.249 e. The third kappa shape index (κ3) is 26.5. The number of nitrogens with one attached hydrogen (secondary N) is 1. The third-order valence-corrected chi connectivity index (χ3v) is 11.2. The van der Waals surface area contributed by atoms with Crippen LogP contribution in [0.15, 0.2) is 36.5 Å². The van der Waals surface area contributed by atoms with E-state index < -0.39 is 74.2 Å². The molecule has 0 aromatic carbocycles. The summed E-state index contributed by atoms with van der Waals surface area (Å²) in [6.07, 6.45) is 30.5. The molecule has 9 atom stereocenters. The Kier molecular flexibility index (Phi) is 34.8. The summed E-state index contributed by atoms with van der Waals surface area (Å²) < 4.78 is 11.1. The van der Waals surface area contributed by atoms with E-state index in [1.165, 1.54) is 89.9 Å². The van der Waals surface area contributed by atoms with Crippen molar-refractivity contribution in [3.63, 3.8) is 0 Å². The van der Waals surface area contributed by atoms with Crippen LogP contribution in [0.5, 0.6) is 0 Å². The summed E-state index contributed by atoms with van der Waals surface area (Å²) in [6, 6.07) is -1.19.